The van der Waals surface area contributed by atoms with Gasteiger partial charge in [0, 0.05) is 12.6 Å². The molecule has 0 aliphatic carbocycles. The van der Waals surface area contributed by atoms with E-state index < -0.39 is 5.97 Å². The number of carboxylic acid groups (broad SMARTS) is 1. The quantitative estimate of drug-likeness (QED) is 0.686. The molecule has 86 valence electrons. The standard InChI is InChI=1S/C10H18N2O3/c1-7(5-9(13)14)11-10(15)8-3-4-12(2)6-8/h7-8H,3-6H2,1-2H3,(H,11,15)(H,13,14). The van der Waals surface area contributed by atoms with Crippen LogP contribution in [0.5, 0.6) is 0 Å². The molecule has 0 saturated carbocycles. The monoisotopic (exact) mass is 214 g/mol. The van der Waals surface area contributed by atoms with Gasteiger partial charge in [0.05, 0.1) is 12.3 Å². The Morgan fingerprint density at radius 2 is 2.27 bits per heavy atom. The first-order chi connectivity index (χ1) is 6.99. The van der Waals surface area contributed by atoms with Gasteiger partial charge in [-0.1, -0.05) is 0 Å². The van der Waals surface area contributed by atoms with Crippen molar-refractivity contribution in [1.82, 2.24) is 10.2 Å². The second-order valence-electron chi connectivity index (χ2n) is 4.26. The molecule has 1 amide bonds. The molecular formula is C10H18N2O3. The molecule has 2 atom stereocenters. The maximum atomic E-state index is 11.7. The maximum Gasteiger partial charge on any atom is 0.305 e. The van der Waals surface area contributed by atoms with Gasteiger partial charge in [-0.3, -0.25) is 9.59 Å². The third-order valence-corrected chi connectivity index (χ3v) is 2.63. The van der Waals surface area contributed by atoms with Crippen LogP contribution in [0.15, 0.2) is 0 Å². The minimum atomic E-state index is -0.883. The van der Waals surface area contributed by atoms with Crippen LogP contribution < -0.4 is 5.32 Å². The minimum absolute atomic E-state index is 0.0195. The molecule has 0 aromatic carbocycles. The van der Waals surface area contributed by atoms with Gasteiger partial charge < -0.3 is 15.3 Å². The number of carbonyl (C=O) groups is 2. The highest BCUT2D eigenvalue weighted by Gasteiger charge is 2.26. The van der Waals surface area contributed by atoms with Crippen LogP contribution in [0.2, 0.25) is 0 Å². The Kier molecular flexibility index (Phi) is 4.08. The number of nitrogens with zero attached hydrogens (tertiary/aromatic N) is 1. The van der Waals surface area contributed by atoms with Gasteiger partial charge in [-0.15, -0.1) is 0 Å². The lowest BCUT2D eigenvalue weighted by Gasteiger charge is -2.15. The normalized spacial score (nSPS) is 23.7. The Hall–Kier alpha value is -1.10. The van der Waals surface area contributed by atoms with Gasteiger partial charge in [0.1, 0.15) is 0 Å². The Labute approximate surface area is 89.4 Å². The number of carboxylic acids is 1. The van der Waals surface area contributed by atoms with Crippen LogP contribution in [0, 0.1) is 5.92 Å². The molecule has 2 N–H and O–H groups in total. The number of carbonyl (C=O) groups excluding carboxylic acids is 1. The van der Waals surface area contributed by atoms with Crippen molar-refractivity contribution in [2.24, 2.45) is 5.92 Å². The molecule has 15 heavy (non-hydrogen) atoms. The molecule has 1 aliphatic rings. The average Bonchev–Trinajstić information content (AvgIpc) is 2.49. The van der Waals surface area contributed by atoms with Gasteiger partial charge in [0.2, 0.25) is 5.91 Å². The third-order valence-electron chi connectivity index (χ3n) is 2.63. The summed E-state index contributed by atoms with van der Waals surface area (Å²) in [5.41, 5.74) is 0. The van der Waals surface area contributed by atoms with Crippen molar-refractivity contribution in [3.8, 4) is 0 Å². The van der Waals surface area contributed by atoms with Crippen molar-refractivity contribution >= 4 is 11.9 Å². The summed E-state index contributed by atoms with van der Waals surface area (Å²) >= 11 is 0. The zero-order valence-electron chi connectivity index (χ0n) is 9.19. The molecule has 0 bridgehead atoms. The van der Waals surface area contributed by atoms with E-state index in [-0.39, 0.29) is 24.3 Å². The van der Waals surface area contributed by atoms with Gasteiger partial charge in [-0.25, -0.2) is 0 Å². The second-order valence-corrected chi connectivity index (χ2v) is 4.26. The predicted molar refractivity (Wildman–Crippen MR) is 55.5 cm³/mol. The Morgan fingerprint density at radius 1 is 1.60 bits per heavy atom. The van der Waals surface area contributed by atoms with Crippen molar-refractivity contribution in [3.63, 3.8) is 0 Å². The van der Waals surface area contributed by atoms with E-state index in [2.05, 4.69) is 10.2 Å². The lowest BCUT2D eigenvalue weighted by Crippen LogP contribution is -2.39. The number of amides is 1. The molecule has 1 saturated heterocycles. The van der Waals surface area contributed by atoms with Gasteiger partial charge in [0.25, 0.3) is 0 Å². The van der Waals surface area contributed by atoms with E-state index in [1.807, 2.05) is 7.05 Å². The first kappa shape index (κ1) is 12.0. The number of aliphatic carboxylic acids is 1. The summed E-state index contributed by atoms with van der Waals surface area (Å²) < 4.78 is 0. The van der Waals surface area contributed by atoms with E-state index in [4.69, 9.17) is 5.11 Å². The predicted octanol–water partition coefficient (Wildman–Crippen LogP) is -0.0825. The molecule has 0 spiro atoms. The van der Waals surface area contributed by atoms with Crippen LogP contribution in [0.1, 0.15) is 19.8 Å². The van der Waals surface area contributed by atoms with Crippen LogP contribution in [0.3, 0.4) is 0 Å². The van der Waals surface area contributed by atoms with Crippen molar-refractivity contribution in [2.45, 2.75) is 25.8 Å². The number of hydrogen-bond acceptors (Lipinski definition) is 3. The van der Waals surface area contributed by atoms with E-state index in [1.54, 1.807) is 6.92 Å². The molecular weight excluding hydrogens is 196 g/mol. The number of likely N-dealkylation sites (tertiary alicyclic amines) is 1. The lowest BCUT2D eigenvalue weighted by molar-refractivity contribution is -0.137. The molecule has 1 heterocycles. The van der Waals surface area contributed by atoms with E-state index >= 15 is 0 Å². The van der Waals surface area contributed by atoms with Crippen LogP contribution in [-0.4, -0.2) is 48.1 Å². The third kappa shape index (κ3) is 3.87. The molecule has 1 aliphatic heterocycles. The van der Waals surface area contributed by atoms with Crippen molar-refractivity contribution in [1.29, 1.82) is 0 Å². The van der Waals surface area contributed by atoms with Gasteiger partial charge in [-0.2, -0.15) is 0 Å². The summed E-state index contributed by atoms with van der Waals surface area (Å²) in [6, 6.07) is -0.291. The summed E-state index contributed by atoms with van der Waals surface area (Å²) in [5, 5.41) is 11.3. The maximum absolute atomic E-state index is 11.7. The first-order valence-electron chi connectivity index (χ1n) is 5.19. The summed E-state index contributed by atoms with van der Waals surface area (Å²) in [5.74, 6) is -0.884. The molecule has 1 rings (SSSR count). The molecule has 0 aromatic heterocycles. The highest BCUT2D eigenvalue weighted by atomic mass is 16.4. The van der Waals surface area contributed by atoms with Crippen LogP contribution in [0.25, 0.3) is 0 Å². The molecule has 1 fully saturated rings. The van der Waals surface area contributed by atoms with Gasteiger partial charge in [0.15, 0.2) is 0 Å². The average molecular weight is 214 g/mol. The number of hydrogen-bond donors (Lipinski definition) is 2. The molecule has 0 aromatic rings. The number of rotatable bonds is 4. The molecule has 5 nitrogen and oxygen atoms in total. The fraction of sp³-hybridized carbons (Fsp3) is 0.800. The van der Waals surface area contributed by atoms with E-state index in [0.717, 1.165) is 19.5 Å². The summed E-state index contributed by atoms with van der Waals surface area (Å²) in [7, 11) is 1.98. The van der Waals surface area contributed by atoms with Crippen LogP contribution in [-0.2, 0) is 9.59 Å². The Morgan fingerprint density at radius 3 is 2.73 bits per heavy atom. The van der Waals surface area contributed by atoms with Crippen molar-refractivity contribution in [2.75, 3.05) is 20.1 Å². The summed E-state index contributed by atoms with van der Waals surface area (Å²) in [4.78, 5) is 24.2. The SMILES string of the molecule is CC(CC(=O)O)NC(=O)C1CCN(C)C1. The topological polar surface area (TPSA) is 69.6 Å². The Bertz CT molecular complexity index is 255. The fourth-order valence-electron chi connectivity index (χ4n) is 1.82. The van der Waals surface area contributed by atoms with Crippen LogP contribution >= 0.6 is 0 Å². The summed E-state index contributed by atoms with van der Waals surface area (Å²) in [6.07, 6.45) is 0.844. The van der Waals surface area contributed by atoms with E-state index in [0.29, 0.717) is 0 Å². The van der Waals surface area contributed by atoms with E-state index in [1.165, 1.54) is 0 Å². The zero-order chi connectivity index (χ0) is 11.4. The lowest BCUT2D eigenvalue weighted by atomic mass is 10.1. The Balaban J connectivity index is 2.32. The molecule has 0 radical (unpaired) electrons. The molecule has 2 unspecified atom stereocenters. The second kappa shape index (κ2) is 5.11. The van der Waals surface area contributed by atoms with Crippen molar-refractivity contribution < 1.29 is 14.7 Å². The minimum Gasteiger partial charge on any atom is -0.481 e. The largest absolute Gasteiger partial charge is 0.481 e. The van der Waals surface area contributed by atoms with Crippen molar-refractivity contribution in [3.05, 3.63) is 0 Å². The first-order valence-corrected chi connectivity index (χ1v) is 5.19. The highest BCUT2D eigenvalue weighted by molar-refractivity contribution is 5.80. The van der Waals surface area contributed by atoms with Crippen LogP contribution in [0.4, 0.5) is 0 Å². The summed E-state index contributed by atoms with van der Waals surface area (Å²) in [6.45, 7) is 3.42. The van der Waals surface area contributed by atoms with Gasteiger partial charge in [-0.05, 0) is 26.9 Å². The smallest absolute Gasteiger partial charge is 0.305 e. The number of nitrogens with one attached hydrogen (secondary N) is 1. The zero-order valence-corrected chi connectivity index (χ0v) is 9.19. The van der Waals surface area contributed by atoms with E-state index in [9.17, 15) is 9.59 Å². The highest BCUT2D eigenvalue weighted by Crippen LogP contribution is 2.14. The molecule has 5 heteroatoms. The fourth-order valence-corrected chi connectivity index (χ4v) is 1.82. The van der Waals surface area contributed by atoms with Gasteiger partial charge >= 0.3 is 5.97 Å².